The minimum absolute atomic E-state index is 0.0266. The Balaban J connectivity index is 1.68. The van der Waals surface area contributed by atoms with Gasteiger partial charge in [0.25, 0.3) is 5.91 Å². The topological polar surface area (TPSA) is 58.6 Å². The summed E-state index contributed by atoms with van der Waals surface area (Å²) in [7, 11) is 0. The van der Waals surface area contributed by atoms with E-state index in [2.05, 4.69) is 42.0 Å². The maximum absolute atomic E-state index is 13.0. The van der Waals surface area contributed by atoms with Crippen LogP contribution in [-0.4, -0.2) is 30.0 Å². The van der Waals surface area contributed by atoms with E-state index in [1.54, 1.807) is 6.92 Å². The van der Waals surface area contributed by atoms with Crippen LogP contribution in [0.1, 0.15) is 38.8 Å². The number of nitrogens with zero attached hydrogens (tertiary/aromatic N) is 1. The van der Waals surface area contributed by atoms with Crippen LogP contribution in [0.3, 0.4) is 0 Å². The maximum Gasteiger partial charge on any atom is 0.325 e. The molecule has 3 rings (SSSR count). The Morgan fingerprint density at radius 1 is 1.04 bits per heavy atom. The van der Waals surface area contributed by atoms with E-state index in [0.717, 1.165) is 10.0 Å². The van der Waals surface area contributed by atoms with Crippen LogP contribution in [0.5, 0.6) is 5.75 Å². The summed E-state index contributed by atoms with van der Waals surface area (Å²) in [5, 5.41) is 2.84. The molecule has 2 aromatic rings. The number of imide groups is 1. The Labute approximate surface area is 174 Å². The van der Waals surface area contributed by atoms with E-state index >= 15 is 0 Å². The first-order valence-corrected chi connectivity index (χ1v) is 10.0. The van der Waals surface area contributed by atoms with E-state index in [-0.39, 0.29) is 24.5 Å². The van der Waals surface area contributed by atoms with Crippen molar-refractivity contribution < 1.29 is 14.3 Å². The van der Waals surface area contributed by atoms with Gasteiger partial charge in [-0.1, -0.05) is 61.0 Å². The number of benzene rings is 2. The summed E-state index contributed by atoms with van der Waals surface area (Å²) < 4.78 is 6.61. The van der Waals surface area contributed by atoms with Crippen molar-refractivity contribution in [3.8, 4) is 5.75 Å². The molecule has 0 saturated carbocycles. The molecule has 148 valence electrons. The molecule has 1 unspecified atom stereocenters. The Morgan fingerprint density at radius 2 is 1.64 bits per heavy atom. The summed E-state index contributed by atoms with van der Waals surface area (Å²) in [4.78, 5) is 26.6. The van der Waals surface area contributed by atoms with Crippen molar-refractivity contribution in [2.75, 3.05) is 13.2 Å². The molecule has 1 aliphatic rings. The van der Waals surface area contributed by atoms with E-state index in [9.17, 15) is 9.59 Å². The molecule has 1 N–H and O–H groups in total. The second kappa shape index (κ2) is 7.59. The molecule has 1 heterocycles. The van der Waals surface area contributed by atoms with Crippen LogP contribution in [0, 0.1) is 0 Å². The minimum Gasteiger partial charge on any atom is -0.492 e. The normalized spacial score (nSPS) is 19.7. The van der Waals surface area contributed by atoms with E-state index in [0.29, 0.717) is 5.75 Å². The zero-order chi connectivity index (χ0) is 20.5. The Morgan fingerprint density at radius 3 is 2.21 bits per heavy atom. The SMILES string of the molecule is CC(C)(C)c1ccc(C2(C)NC(=O)N(CCOc3ccc(Br)cc3)C2=O)cc1. The van der Waals surface area contributed by atoms with Crippen molar-refractivity contribution in [3.63, 3.8) is 0 Å². The van der Waals surface area contributed by atoms with Gasteiger partial charge in [-0.15, -0.1) is 0 Å². The van der Waals surface area contributed by atoms with Crippen molar-refractivity contribution in [1.82, 2.24) is 10.2 Å². The fraction of sp³-hybridized carbons (Fsp3) is 0.364. The Bertz CT molecular complexity index is 872. The molecule has 1 saturated heterocycles. The van der Waals surface area contributed by atoms with Crippen LogP contribution in [0.15, 0.2) is 53.0 Å². The van der Waals surface area contributed by atoms with Gasteiger partial charge in [0.2, 0.25) is 0 Å². The van der Waals surface area contributed by atoms with Gasteiger partial charge in [0.15, 0.2) is 0 Å². The number of urea groups is 1. The van der Waals surface area contributed by atoms with Crippen LogP contribution < -0.4 is 10.1 Å². The van der Waals surface area contributed by atoms with Crippen LogP contribution in [0.2, 0.25) is 0 Å². The van der Waals surface area contributed by atoms with Crippen molar-refractivity contribution in [2.24, 2.45) is 0 Å². The van der Waals surface area contributed by atoms with Crippen LogP contribution in [0.4, 0.5) is 4.79 Å². The van der Waals surface area contributed by atoms with Crippen LogP contribution >= 0.6 is 15.9 Å². The molecule has 1 fully saturated rings. The molecule has 2 aromatic carbocycles. The zero-order valence-corrected chi connectivity index (χ0v) is 18.2. The van der Waals surface area contributed by atoms with Crippen LogP contribution in [0.25, 0.3) is 0 Å². The van der Waals surface area contributed by atoms with Crippen molar-refractivity contribution in [3.05, 3.63) is 64.1 Å². The Kier molecular flexibility index (Phi) is 5.53. The van der Waals surface area contributed by atoms with E-state index < -0.39 is 11.6 Å². The van der Waals surface area contributed by atoms with E-state index in [1.807, 2.05) is 48.5 Å². The molecule has 0 spiro atoms. The van der Waals surface area contributed by atoms with E-state index in [1.165, 1.54) is 10.5 Å². The first-order chi connectivity index (χ1) is 13.1. The highest BCUT2D eigenvalue weighted by atomic mass is 79.9. The quantitative estimate of drug-likeness (QED) is 0.685. The van der Waals surface area contributed by atoms with Gasteiger partial charge < -0.3 is 10.1 Å². The van der Waals surface area contributed by atoms with Crippen molar-refractivity contribution in [2.45, 2.75) is 38.6 Å². The summed E-state index contributed by atoms with van der Waals surface area (Å²) in [5.74, 6) is 0.427. The van der Waals surface area contributed by atoms with Gasteiger partial charge in [0.05, 0.1) is 6.54 Å². The third-order valence-electron chi connectivity index (χ3n) is 5.00. The van der Waals surface area contributed by atoms with Gasteiger partial charge in [0.1, 0.15) is 17.9 Å². The number of hydrogen-bond donors (Lipinski definition) is 1. The lowest BCUT2D eigenvalue weighted by Crippen LogP contribution is -2.41. The summed E-state index contributed by atoms with van der Waals surface area (Å²) in [5.41, 5.74) is 0.913. The van der Waals surface area contributed by atoms with Crippen molar-refractivity contribution >= 4 is 27.9 Å². The number of halogens is 1. The molecule has 28 heavy (non-hydrogen) atoms. The van der Waals surface area contributed by atoms with Gasteiger partial charge in [0, 0.05) is 4.47 Å². The van der Waals surface area contributed by atoms with Gasteiger partial charge in [-0.2, -0.15) is 0 Å². The predicted molar refractivity (Wildman–Crippen MR) is 112 cm³/mol. The summed E-state index contributed by atoms with van der Waals surface area (Å²) >= 11 is 3.37. The highest BCUT2D eigenvalue weighted by Crippen LogP contribution is 2.31. The third-order valence-corrected chi connectivity index (χ3v) is 5.53. The molecular formula is C22H25BrN2O3. The maximum atomic E-state index is 13.0. The first kappa shape index (κ1) is 20.4. The fourth-order valence-corrected chi connectivity index (χ4v) is 3.45. The third kappa shape index (κ3) is 4.07. The number of amides is 3. The van der Waals surface area contributed by atoms with Gasteiger partial charge >= 0.3 is 6.03 Å². The summed E-state index contributed by atoms with van der Waals surface area (Å²) in [6, 6.07) is 14.9. The lowest BCUT2D eigenvalue weighted by molar-refractivity contribution is -0.131. The number of hydrogen-bond acceptors (Lipinski definition) is 3. The lowest BCUT2D eigenvalue weighted by Gasteiger charge is -2.24. The molecule has 6 heteroatoms. The highest BCUT2D eigenvalue weighted by Gasteiger charge is 2.48. The molecule has 5 nitrogen and oxygen atoms in total. The molecule has 1 atom stereocenters. The average Bonchev–Trinajstić information content (AvgIpc) is 2.86. The molecular weight excluding hydrogens is 420 g/mol. The van der Waals surface area contributed by atoms with Gasteiger partial charge in [-0.3, -0.25) is 9.69 Å². The van der Waals surface area contributed by atoms with Crippen molar-refractivity contribution in [1.29, 1.82) is 0 Å². The zero-order valence-electron chi connectivity index (χ0n) is 16.6. The molecule has 3 amide bonds. The highest BCUT2D eigenvalue weighted by molar-refractivity contribution is 9.10. The number of carbonyl (C=O) groups excluding carboxylic acids is 2. The molecule has 0 bridgehead atoms. The monoisotopic (exact) mass is 444 g/mol. The standard InChI is InChI=1S/C22H25BrN2O3/c1-21(2,3)15-5-7-16(8-6-15)22(4)19(26)25(20(27)24-22)13-14-28-18-11-9-17(23)10-12-18/h5-12H,13-14H2,1-4H3,(H,24,27). The average molecular weight is 445 g/mol. The predicted octanol–water partition coefficient (Wildman–Crippen LogP) is 4.59. The lowest BCUT2D eigenvalue weighted by atomic mass is 9.84. The minimum atomic E-state index is -1.06. The molecule has 1 aliphatic heterocycles. The Hall–Kier alpha value is -2.34. The summed E-state index contributed by atoms with van der Waals surface area (Å²) in [6.45, 7) is 8.59. The molecule has 0 radical (unpaired) electrons. The number of nitrogens with one attached hydrogen (secondary N) is 1. The number of carbonyl (C=O) groups is 2. The van der Waals surface area contributed by atoms with Gasteiger partial charge in [-0.25, -0.2) is 4.79 Å². The number of rotatable bonds is 5. The van der Waals surface area contributed by atoms with E-state index in [4.69, 9.17) is 4.74 Å². The smallest absolute Gasteiger partial charge is 0.325 e. The van der Waals surface area contributed by atoms with Gasteiger partial charge in [-0.05, 0) is 47.7 Å². The molecule has 0 aromatic heterocycles. The number of ether oxygens (including phenoxy) is 1. The molecule has 0 aliphatic carbocycles. The summed E-state index contributed by atoms with van der Waals surface area (Å²) in [6.07, 6.45) is 0. The second-order valence-electron chi connectivity index (χ2n) is 8.14. The largest absolute Gasteiger partial charge is 0.492 e. The van der Waals surface area contributed by atoms with Crippen LogP contribution in [-0.2, 0) is 15.7 Å². The second-order valence-corrected chi connectivity index (χ2v) is 9.06. The first-order valence-electron chi connectivity index (χ1n) is 9.25. The fourth-order valence-electron chi connectivity index (χ4n) is 3.18.